The highest BCUT2D eigenvalue weighted by Crippen LogP contribution is 2.22. The Balaban J connectivity index is 1.31. The molecule has 162 valence electrons. The van der Waals surface area contributed by atoms with Gasteiger partial charge < -0.3 is 14.6 Å². The van der Waals surface area contributed by atoms with Gasteiger partial charge in [-0.3, -0.25) is 9.59 Å². The second kappa shape index (κ2) is 9.65. The number of nitrogens with one attached hydrogen (secondary N) is 1. The van der Waals surface area contributed by atoms with E-state index in [2.05, 4.69) is 21.6 Å². The Morgan fingerprint density at radius 2 is 1.75 bits per heavy atom. The Morgan fingerprint density at radius 3 is 2.50 bits per heavy atom. The molecule has 1 amide bonds. The number of carbonyl (C=O) groups excluding carboxylic acids is 2. The van der Waals surface area contributed by atoms with Gasteiger partial charge in [-0.1, -0.05) is 42.1 Å². The van der Waals surface area contributed by atoms with Gasteiger partial charge in [0.15, 0.2) is 16.8 Å². The number of ether oxygens (including phenoxy) is 1. The van der Waals surface area contributed by atoms with Gasteiger partial charge in [-0.2, -0.15) is 0 Å². The van der Waals surface area contributed by atoms with Crippen LogP contribution in [0.15, 0.2) is 71.9 Å². The lowest BCUT2D eigenvalue weighted by molar-refractivity contribution is -0.113. The Labute approximate surface area is 189 Å². The molecular formula is C24H22N4O3S. The van der Waals surface area contributed by atoms with E-state index in [1.54, 1.807) is 24.3 Å². The van der Waals surface area contributed by atoms with Gasteiger partial charge in [0.05, 0.1) is 5.75 Å². The molecular weight excluding hydrogens is 424 g/mol. The zero-order valence-electron chi connectivity index (χ0n) is 17.7. The number of ketones is 1. The average molecular weight is 447 g/mol. The Kier molecular flexibility index (Phi) is 6.51. The van der Waals surface area contributed by atoms with Gasteiger partial charge in [0.25, 0.3) is 0 Å². The summed E-state index contributed by atoms with van der Waals surface area (Å²) in [5, 5.41) is 14.1. The number of rotatable bonds is 8. The van der Waals surface area contributed by atoms with Gasteiger partial charge in [0.2, 0.25) is 5.91 Å². The molecule has 8 heteroatoms. The van der Waals surface area contributed by atoms with E-state index in [4.69, 9.17) is 4.74 Å². The summed E-state index contributed by atoms with van der Waals surface area (Å²) in [6.45, 7) is 1.78. The molecule has 0 unspecified atom stereocenters. The molecule has 0 aliphatic heterocycles. The molecule has 1 N–H and O–H groups in total. The van der Waals surface area contributed by atoms with Crippen molar-refractivity contribution in [3.8, 4) is 5.75 Å². The van der Waals surface area contributed by atoms with Crippen LogP contribution in [0.3, 0.4) is 0 Å². The summed E-state index contributed by atoms with van der Waals surface area (Å²) in [6, 6.07) is 20.9. The van der Waals surface area contributed by atoms with Crippen LogP contribution in [0, 0.1) is 0 Å². The Bertz CT molecular complexity index is 1270. The minimum atomic E-state index is -0.164. The first-order chi connectivity index (χ1) is 15.5. The molecule has 7 nitrogen and oxygen atoms in total. The molecule has 0 aliphatic carbocycles. The first kappa shape index (κ1) is 21.6. The summed E-state index contributed by atoms with van der Waals surface area (Å²) in [5.74, 6) is 1.44. The fraction of sp³-hybridized carbons (Fsp3) is 0.167. The van der Waals surface area contributed by atoms with E-state index in [1.807, 2.05) is 48.0 Å². The molecule has 4 aromatic rings. The van der Waals surface area contributed by atoms with Crippen molar-refractivity contribution in [1.29, 1.82) is 0 Å². The number of benzene rings is 3. The van der Waals surface area contributed by atoms with Crippen LogP contribution < -0.4 is 10.1 Å². The van der Waals surface area contributed by atoms with E-state index in [0.717, 1.165) is 16.5 Å². The largest absolute Gasteiger partial charge is 0.486 e. The van der Waals surface area contributed by atoms with Crippen molar-refractivity contribution in [2.24, 2.45) is 7.05 Å². The molecule has 1 heterocycles. The van der Waals surface area contributed by atoms with Gasteiger partial charge in [-0.25, -0.2) is 0 Å². The monoisotopic (exact) mass is 446 g/mol. The molecule has 3 aromatic carbocycles. The predicted molar refractivity (Wildman–Crippen MR) is 125 cm³/mol. The van der Waals surface area contributed by atoms with E-state index in [9.17, 15) is 9.59 Å². The second-order valence-electron chi connectivity index (χ2n) is 7.23. The van der Waals surface area contributed by atoms with Crippen LogP contribution in [-0.2, 0) is 18.4 Å². The third-order valence-electron chi connectivity index (χ3n) is 4.92. The van der Waals surface area contributed by atoms with Crippen molar-refractivity contribution in [3.63, 3.8) is 0 Å². The predicted octanol–water partition coefficient (Wildman–Crippen LogP) is 4.48. The lowest BCUT2D eigenvalue weighted by atomic mass is 10.1. The molecule has 0 radical (unpaired) electrons. The topological polar surface area (TPSA) is 86.1 Å². The fourth-order valence-corrected chi connectivity index (χ4v) is 3.85. The molecule has 1 aromatic heterocycles. The smallest absolute Gasteiger partial charge is 0.234 e. The van der Waals surface area contributed by atoms with Crippen molar-refractivity contribution < 1.29 is 14.3 Å². The fourth-order valence-electron chi connectivity index (χ4n) is 3.12. The van der Waals surface area contributed by atoms with E-state index in [-0.39, 0.29) is 24.1 Å². The standard InChI is InChI=1S/C24H22N4O3S/c1-16(29)17-7-10-20(11-8-17)25-23(30)15-32-24-27-26-22(28(24)2)14-31-21-12-9-18-5-3-4-6-19(18)13-21/h3-13H,14-15H2,1-2H3,(H,25,30). The zero-order chi connectivity index (χ0) is 22.5. The van der Waals surface area contributed by atoms with E-state index in [1.165, 1.54) is 18.7 Å². The molecule has 32 heavy (non-hydrogen) atoms. The van der Waals surface area contributed by atoms with Crippen molar-refractivity contribution in [2.75, 3.05) is 11.1 Å². The summed E-state index contributed by atoms with van der Waals surface area (Å²) < 4.78 is 7.71. The minimum Gasteiger partial charge on any atom is -0.486 e. The number of carbonyl (C=O) groups is 2. The van der Waals surface area contributed by atoms with Crippen molar-refractivity contribution >= 4 is 39.9 Å². The Morgan fingerprint density at radius 1 is 1.00 bits per heavy atom. The number of hydrogen-bond donors (Lipinski definition) is 1. The SMILES string of the molecule is CC(=O)c1ccc(NC(=O)CSc2nnc(COc3ccc4ccccc4c3)n2C)cc1. The maximum absolute atomic E-state index is 12.3. The minimum absolute atomic E-state index is 0.0129. The number of Topliss-reactive ketones (excluding diaryl/α,β-unsaturated/α-hetero) is 1. The van der Waals surface area contributed by atoms with Crippen LogP contribution in [0.2, 0.25) is 0 Å². The number of thioether (sulfide) groups is 1. The van der Waals surface area contributed by atoms with Crippen LogP contribution in [0.25, 0.3) is 10.8 Å². The number of nitrogens with zero attached hydrogens (tertiary/aromatic N) is 3. The van der Waals surface area contributed by atoms with Crippen LogP contribution in [-0.4, -0.2) is 32.2 Å². The number of aromatic nitrogens is 3. The summed E-state index contributed by atoms with van der Waals surface area (Å²) >= 11 is 1.29. The highest BCUT2D eigenvalue weighted by atomic mass is 32.2. The quantitative estimate of drug-likeness (QED) is 0.317. The van der Waals surface area contributed by atoms with Gasteiger partial charge in [-0.15, -0.1) is 10.2 Å². The third-order valence-corrected chi connectivity index (χ3v) is 5.94. The summed E-state index contributed by atoms with van der Waals surface area (Å²) in [5.41, 5.74) is 1.25. The lowest BCUT2D eigenvalue weighted by Crippen LogP contribution is -2.14. The van der Waals surface area contributed by atoms with Gasteiger partial charge >= 0.3 is 0 Å². The summed E-state index contributed by atoms with van der Waals surface area (Å²) in [4.78, 5) is 23.6. The first-order valence-electron chi connectivity index (χ1n) is 10.0. The third kappa shape index (κ3) is 5.15. The molecule has 4 rings (SSSR count). The van der Waals surface area contributed by atoms with Crippen molar-refractivity contribution in [2.45, 2.75) is 18.7 Å². The van der Waals surface area contributed by atoms with Crippen LogP contribution in [0.4, 0.5) is 5.69 Å². The van der Waals surface area contributed by atoms with E-state index >= 15 is 0 Å². The highest BCUT2D eigenvalue weighted by molar-refractivity contribution is 7.99. The maximum Gasteiger partial charge on any atom is 0.234 e. The van der Waals surface area contributed by atoms with E-state index < -0.39 is 0 Å². The molecule has 0 atom stereocenters. The maximum atomic E-state index is 12.3. The van der Waals surface area contributed by atoms with Gasteiger partial charge in [0.1, 0.15) is 12.4 Å². The molecule has 0 fully saturated rings. The number of anilines is 1. The molecule has 0 bridgehead atoms. The number of hydrogen-bond acceptors (Lipinski definition) is 6. The van der Waals surface area contributed by atoms with Gasteiger partial charge in [-0.05, 0) is 54.1 Å². The van der Waals surface area contributed by atoms with Gasteiger partial charge in [0, 0.05) is 18.3 Å². The lowest BCUT2D eigenvalue weighted by Gasteiger charge is -2.08. The van der Waals surface area contributed by atoms with Crippen LogP contribution in [0.1, 0.15) is 23.1 Å². The normalized spacial score (nSPS) is 10.8. The van der Waals surface area contributed by atoms with E-state index in [0.29, 0.717) is 22.2 Å². The highest BCUT2D eigenvalue weighted by Gasteiger charge is 2.12. The molecule has 0 saturated carbocycles. The average Bonchev–Trinajstić information content (AvgIpc) is 3.15. The zero-order valence-corrected chi connectivity index (χ0v) is 18.6. The first-order valence-corrected chi connectivity index (χ1v) is 11.0. The Hall–Kier alpha value is -3.65. The van der Waals surface area contributed by atoms with Crippen molar-refractivity contribution in [3.05, 3.63) is 78.1 Å². The summed E-state index contributed by atoms with van der Waals surface area (Å²) in [7, 11) is 1.85. The van der Waals surface area contributed by atoms with Crippen LogP contribution in [0.5, 0.6) is 5.75 Å². The van der Waals surface area contributed by atoms with Crippen LogP contribution >= 0.6 is 11.8 Å². The molecule has 0 spiro atoms. The summed E-state index contributed by atoms with van der Waals surface area (Å²) in [6.07, 6.45) is 0. The molecule has 0 aliphatic rings. The number of fused-ring (bicyclic) bond motifs is 1. The number of amides is 1. The second-order valence-corrected chi connectivity index (χ2v) is 8.17. The molecule has 0 saturated heterocycles. The van der Waals surface area contributed by atoms with Crippen molar-refractivity contribution in [1.82, 2.24) is 14.8 Å².